The van der Waals surface area contributed by atoms with Gasteiger partial charge in [0.25, 0.3) is 0 Å². The number of ketones is 1. The number of allylic oxidation sites excluding steroid dienone is 1. The van der Waals surface area contributed by atoms with Crippen LogP contribution in [0.3, 0.4) is 0 Å². The van der Waals surface area contributed by atoms with Crippen LogP contribution in [-0.2, 0) is 4.79 Å². The maximum absolute atomic E-state index is 10.8. The van der Waals surface area contributed by atoms with Crippen LogP contribution in [-0.4, -0.2) is 65.1 Å². The molecule has 1 heterocycles. The minimum absolute atomic E-state index is 0.0474. The van der Waals surface area contributed by atoms with E-state index >= 15 is 0 Å². The van der Waals surface area contributed by atoms with Crippen molar-refractivity contribution in [2.45, 2.75) is 6.92 Å². The van der Waals surface area contributed by atoms with Crippen LogP contribution < -0.4 is 0 Å². The van der Waals surface area contributed by atoms with Gasteiger partial charge in [0.05, 0.1) is 6.61 Å². The Morgan fingerprint density at radius 2 is 1.93 bits per heavy atom. The van der Waals surface area contributed by atoms with Crippen molar-refractivity contribution >= 4 is 5.78 Å². The van der Waals surface area contributed by atoms with Gasteiger partial charge >= 0.3 is 0 Å². The lowest BCUT2D eigenvalue weighted by atomic mass is 10.3. The first-order valence-electron chi connectivity index (χ1n) is 5.13. The van der Waals surface area contributed by atoms with E-state index in [1.165, 1.54) is 13.0 Å². The van der Waals surface area contributed by atoms with Crippen molar-refractivity contribution in [3.8, 4) is 0 Å². The lowest BCUT2D eigenvalue weighted by Gasteiger charge is -2.34. The Kier molecular flexibility index (Phi) is 4.58. The number of nitrogens with zero attached hydrogens (tertiary/aromatic N) is 2. The van der Waals surface area contributed by atoms with Crippen LogP contribution in [0.2, 0.25) is 0 Å². The second-order valence-corrected chi connectivity index (χ2v) is 3.67. The zero-order valence-electron chi connectivity index (χ0n) is 9.02. The fraction of sp³-hybridized carbons (Fsp3) is 0.700. The Morgan fingerprint density at radius 1 is 1.33 bits per heavy atom. The minimum atomic E-state index is -0.148. The third kappa shape index (κ3) is 3.89. The van der Waals surface area contributed by atoms with E-state index in [1.807, 2.05) is 0 Å². The molecule has 0 aromatic heterocycles. The largest absolute Gasteiger partial charge is 0.495 e. The molecule has 86 valence electrons. The SMILES string of the molecule is CC(=O)/C=C(\O)N1CCN(CCO)CC1. The highest BCUT2D eigenvalue weighted by Crippen LogP contribution is 2.06. The summed E-state index contributed by atoms with van der Waals surface area (Å²) in [6.45, 7) is 5.23. The number of hydrogen-bond donors (Lipinski definition) is 2. The van der Waals surface area contributed by atoms with Crippen molar-refractivity contribution in [2.24, 2.45) is 0 Å². The second kappa shape index (κ2) is 5.72. The molecule has 1 saturated heterocycles. The van der Waals surface area contributed by atoms with Gasteiger partial charge in [-0.05, 0) is 6.92 Å². The maximum Gasteiger partial charge on any atom is 0.190 e. The monoisotopic (exact) mass is 214 g/mol. The highest BCUT2D eigenvalue weighted by Gasteiger charge is 2.17. The molecule has 0 spiro atoms. The first-order valence-corrected chi connectivity index (χ1v) is 5.13. The Bertz CT molecular complexity index is 245. The fourth-order valence-corrected chi connectivity index (χ4v) is 1.62. The highest BCUT2D eigenvalue weighted by molar-refractivity contribution is 5.87. The molecule has 2 N–H and O–H groups in total. The molecule has 1 aliphatic rings. The molecule has 0 bridgehead atoms. The molecule has 0 atom stereocenters. The molecule has 0 aromatic carbocycles. The van der Waals surface area contributed by atoms with E-state index < -0.39 is 0 Å². The van der Waals surface area contributed by atoms with Crippen LogP contribution >= 0.6 is 0 Å². The summed E-state index contributed by atoms with van der Waals surface area (Å²) in [4.78, 5) is 14.7. The van der Waals surface area contributed by atoms with Crippen LogP contribution in [0.4, 0.5) is 0 Å². The number of rotatable bonds is 4. The van der Waals surface area contributed by atoms with Gasteiger partial charge in [0.1, 0.15) is 0 Å². The van der Waals surface area contributed by atoms with Crippen LogP contribution in [0, 0.1) is 0 Å². The van der Waals surface area contributed by atoms with Gasteiger partial charge in [0.2, 0.25) is 0 Å². The van der Waals surface area contributed by atoms with Crippen LogP contribution in [0.1, 0.15) is 6.92 Å². The molecule has 5 heteroatoms. The van der Waals surface area contributed by atoms with Crippen molar-refractivity contribution in [3.63, 3.8) is 0 Å². The van der Waals surface area contributed by atoms with E-state index in [9.17, 15) is 9.90 Å². The molecule has 0 amide bonds. The number of β-amino-alcohol motifs (C(OH)–C–C–N with tert-alkyl or cyclic N) is 1. The van der Waals surface area contributed by atoms with Crippen LogP contribution in [0.5, 0.6) is 0 Å². The molecule has 0 aliphatic carbocycles. The Balaban J connectivity index is 2.40. The maximum atomic E-state index is 10.8. The fourth-order valence-electron chi connectivity index (χ4n) is 1.62. The predicted octanol–water partition coefficient (Wildman–Crippen LogP) is -0.415. The standard InChI is InChI=1S/C10H18N2O3/c1-9(14)8-10(15)12-4-2-11(3-5-12)6-7-13/h8,13,15H,2-7H2,1H3/b10-8-. The molecule has 0 saturated carbocycles. The summed E-state index contributed by atoms with van der Waals surface area (Å²) >= 11 is 0. The van der Waals surface area contributed by atoms with Crippen molar-refractivity contribution in [3.05, 3.63) is 12.0 Å². The summed E-state index contributed by atoms with van der Waals surface area (Å²) in [6.07, 6.45) is 1.24. The number of carbonyl (C=O) groups is 1. The van der Waals surface area contributed by atoms with Crippen LogP contribution in [0.25, 0.3) is 0 Å². The van der Waals surface area contributed by atoms with Gasteiger partial charge in [0.15, 0.2) is 11.7 Å². The quantitative estimate of drug-likeness (QED) is 0.492. The smallest absolute Gasteiger partial charge is 0.190 e. The summed E-state index contributed by atoms with van der Waals surface area (Å²) in [5.74, 6) is -0.101. The zero-order chi connectivity index (χ0) is 11.3. The number of carbonyl (C=O) groups excluding carboxylic acids is 1. The van der Waals surface area contributed by atoms with E-state index in [0.717, 1.165) is 13.1 Å². The lowest BCUT2D eigenvalue weighted by Crippen LogP contribution is -2.46. The molecule has 0 aromatic rings. The number of piperazine rings is 1. The molecule has 1 aliphatic heterocycles. The van der Waals surface area contributed by atoms with Gasteiger partial charge in [-0.25, -0.2) is 0 Å². The average molecular weight is 214 g/mol. The molecular formula is C10H18N2O3. The molecule has 1 rings (SSSR count). The number of aliphatic hydroxyl groups is 2. The molecule has 5 nitrogen and oxygen atoms in total. The first kappa shape index (κ1) is 12.0. The van der Waals surface area contributed by atoms with Gasteiger partial charge in [-0.1, -0.05) is 0 Å². The highest BCUT2D eigenvalue weighted by atomic mass is 16.3. The summed E-state index contributed by atoms with van der Waals surface area (Å²) in [5.41, 5.74) is 0. The molecule has 1 fully saturated rings. The Morgan fingerprint density at radius 3 is 2.40 bits per heavy atom. The summed E-state index contributed by atoms with van der Waals surface area (Å²) in [7, 11) is 0. The van der Waals surface area contributed by atoms with Gasteiger partial charge < -0.3 is 15.1 Å². The van der Waals surface area contributed by atoms with E-state index in [2.05, 4.69) is 4.90 Å². The third-order valence-electron chi connectivity index (χ3n) is 2.44. The van der Waals surface area contributed by atoms with Gasteiger partial charge in [-0.15, -0.1) is 0 Å². The summed E-state index contributed by atoms with van der Waals surface area (Å²) < 4.78 is 0. The van der Waals surface area contributed by atoms with Crippen LogP contribution in [0.15, 0.2) is 12.0 Å². The predicted molar refractivity (Wildman–Crippen MR) is 56.5 cm³/mol. The molecule has 15 heavy (non-hydrogen) atoms. The van der Waals surface area contributed by atoms with E-state index in [-0.39, 0.29) is 18.3 Å². The third-order valence-corrected chi connectivity index (χ3v) is 2.44. The molecular weight excluding hydrogens is 196 g/mol. The summed E-state index contributed by atoms with van der Waals surface area (Å²) in [6, 6.07) is 0. The Labute approximate surface area is 89.6 Å². The number of aliphatic hydroxyl groups excluding tert-OH is 2. The lowest BCUT2D eigenvalue weighted by molar-refractivity contribution is -0.112. The van der Waals surface area contributed by atoms with Gasteiger partial charge in [-0.3, -0.25) is 9.69 Å². The molecule has 0 radical (unpaired) electrons. The van der Waals surface area contributed by atoms with Crippen molar-refractivity contribution in [2.75, 3.05) is 39.3 Å². The summed E-state index contributed by atoms with van der Waals surface area (Å²) in [5, 5.41) is 18.3. The van der Waals surface area contributed by atoms with Crippen molar-refractivity contribution in [1.29, 1.82) is 0 Å². The van der Waals surface area contributed by atoms with E-state index in [1.54, 1.807) is 4.90 Å². The topological polar surface area (TPSA) is 64.0 Å². The van der Waals surface area contributed by atoms with Crippen molar-refractivity contribution < 1.29 is 15.0 Å². The number of hydrogen-bond acceptors (Lipinski definition) is 5. The Hall–Kier alpha value is -1.07. The second-order valence-electron chi connectivity index (χ2n) is 3.67. The molecule has 0 unspecified atom stereocenters. The first-order chi connectivity index (χ1) is 7.13. The van der Waals surface area contributed by atoms with E-state index in [4.69, 9.17) is 5.11 Å². The van der Waals surface area contributed by atoms with E-state index in [0.29, 0.717) is 19.6 Å². The van der Waals surface area contributed by atoms with Gasteiger partial charge in [0, 0.05) is 38.8 Å². The van der Waals surface area contributed by atoms with Crippen molar-refractivity contribution in [1.82, 2.24) is 9.80 Å². The normalized spacial score (nSPS) is 19.3. The average Bonchev–Trinajstić information content (AvgIpc) is 2.18. The zero-order valence-corrected chi connectivity index (χ0v) is 9.02. The van der Waals surface area contributed by atoms with Gasteiger partial charge in [-0.2, -0.15) is 0 Å². The minimum Gasteiger partial charge on any atom is -0.495 e.